The molecule has 1 aromatic carbocycles. The first-order valence-electron chi connectivity index (χ1n) is 17.6. The first kappa shape index (κ1) is 32.4. The Morgan fingerprint density at radius 2 is 1.66 bits per heavy atom. The predicted molar refractivity (Wildman–Crippen MR) is 182 cm³/mol. The molecule has 11 heteroatoms. The van der Waals surface area contributed by atoms with E-state index < -0.39 is 5.60 Å². The molecule has 5 aliphatic rings. The number of aromatic nitrogens is 2. The lowest BCUT2D eigenvalue weighted by Crippen LogP contribution is -2.68. The molecule has 3 atom stereocenters. The first-order chi connectivity index (χ1) is 22.3. The van der Waals surface area contributed by atoms with Gasteiger partial charge in [-0.25, -0.2) is 4.79 Å². The summed E-state index contributed by atoms with van der Waals surface area (Å²) in [5.74, 6) is 0.614. The van der Waals surface area contributed by atoms with Crippen molar-refractivity contribution in [2.75, 3.05) is 56.5 Å². The van der Waals surface area contributed by atoms with Gasteiger partial charge in [0.25, 0.3) is 0 Å². The minimum atomic E-state index is -0.454. The fourth-order valence-electron chi connectivity index (χ4n) is 9.20. The van der Waals surface area contributed by atoms with Crippen LogP contribution in [0.15, 0.2) is 30.3 Å². The molecule has 7 rings (SSSR count). The zero-order valence-electron chi connectivity index (χ0n) is 28.8. The molecule has 0 radical (unpaired) electrons. The van der Waals surface area contributed by atoms with Crippen molar-refractivity contribution in [3.63, 3.8) is 0 Å². The maximum Gasteiger partial charge on any atom is 0.410 e. The topological polar surface area (TPSA) is 121 Å². The van der Waals surface area contributed by atoms with Gasteiger partial charge in [0.1, 0.15) is 11.4 Å². The molecule has 1 spiro atoms. The fourth-order valence-corrected chi connectivity index (χ4v) is 9.20. The molecule has 47 heavy (non-hydrogen) atoms. The number of ether oxygens (including phenoxy) is 2. The van der Waals surface area contributed by atoms with E-state index in [1.54, 1.807) is 12.1 Å². The van der Waals surface area contributed by atoms with E-state index in [2.05, 4.69) is 38.7 Å². The minimum absolute atomic E-state index is 0.111. The molecule has 1 saturated carbocycles. The number of nitrogens with zero attached hydrogens (tertiary/aromatic N) is 6. The number of morpholine rings is 1. The second-order valence-corrected chi connectivity index (χ2v) is 16.3. The number of piperazine rings is 1. The Labute approximate surface area is 279 Å². The lowest BCUT2D eigenvalue weighted by molar-refractivity contribution is -0.144. The molecule has 5 heterocycles. The Morgan fingerprint density at radius 3 is 2.32 bits per heavy atom. The largest absolute Gasteiger partial charge is 0.507 e. The summed E-state index contributed by atoms with van der Waals surface area (Å²) in [6.07, 6.45) is 6.84. The third-order valence-electron chi connectivity index (χ3n) is 11.7. The minimum Gasteiger partial charge on any atom is -0.507 e. The number of carbonyl (C=O) groups excluding carboxylic acids is 1. The molecule has 1 aromatic heterocycles. The van der Waals surface area contributed by atoms with Gasteiger partial charge in [0, 0.05) is 68.5 Å². The summed E-state index contributed by atoms with van der Waals surface area (Å²) < 4.78 is 12.2. The van der Waals surface area contributed by atoms with Gasteiger partial charge < -0.3 is 30.1 Å². The van der Waals surface area contributed by atoms with Crippen molar-refractivity contribution in [2.24, 2.45) is 5.41 Å². The summed E-state index contributed by atoms with van der Waals surface area (Å²) in [5.41, 5.74) is 8.38. The average molecular weight is 648 g/mol. The molecule has 256 valence electrons. The Hall–Kier alpha value is -3.15. The Balaban J connectivity index is 0.969. The van der Waals surface area contributed by atoms with Gasteiger partial charge in [0.15, 0.2) is 5.82 Å². The third kappa shape index (κ3) is 6.26. The summed E-state index contributed by atoms with van der Waals surface area (Å²) in [5, 5.41) is 19.0. The number of fused-ring (bicyclic) bond motifs is 2. The van der Waals surface area contributed by atoms with Crippen LogP contribution in [-0.2, 0) is 9.47 Å². The van der Waals surface area contributed by atoms with E-state index in [-0.39, 0.29) is 23.5 Å². The smallest absolute Gasteiger partial charge is 0.410 e. The number of rotatable bonds is 5. The van der Waals surface area contributed by atoms with E-state index in [0.29, 0.717) is 40.6 Å². The quantitative estimate of drug-likeness (QED) is 0.471. The van der Waals surface area contributed by atoms with Gasteiger partial charge in [-0.2, -0.15) is 0 Å². The molecule has 4 saturated heterocycles. The van der Waals surface area contributed by atoms with Crippen LogP contribution in [0.2, 0.25) is 0 Å². The van der Waals surface area contributed by atoms with Gasteiger partial charge in [0.2, 0.25) is 0 Å². The number of amides is 1. The summed E-state index contributed by atoms with van der Waals surface area (Å²) >= 11 is 0. The number of carbonyl (C=O) groups is 1. The molecule has 4 aliphatic heterocycles. The molecular formula is C36H53N7O4. The maximum atomic E-state index is 12.6. The van der Waals surface area contributed by atoms with Crippen LogP contribution < -0.4 is 10.6 Å². The number of nitrogen functional groups attached to an aromatic ring is 1. The van der Waals surface area contributed by atoms with E-state index >= 15 is 0 Å². The lowest BCUT2D eigenvalue weighted by atomic mass is 9.60. The van der Waals surface area contributed by atoms with Gasteiger partial charge in [-0.05, 0) is 96.8 Å². The van der Waals surface area contributed by atoms with E-state index in [4.69, 9.17) is 15.2 Å². The number of hydrogen-bond donors (Lipinski definition) is 2. The first-order valence-corrected chi connectivity index (χ1v) is 17.6. The zero-order chi connectivity index (χ0) is 33.1. The number of benzene rings is 1. The van der Waals surface area contributed by atoms with Crippen LogP contribution >= 0.6 is 0 Å². The molecule has 5 fully saturated rings. The second kappa shape index (κ2) is 12.1. The number of likely N-dealkylation sites (tertiary alicyclic amines) is 1. The van der Waals surface area contributed by atoms with E-state index in [1.807, 2.05) is 43.9 Å². The summed E-state index contributed by atoms with van der Waals surface area (Å²) in [4.78, 5) is 22.3. The molecule has 1 aliphatic carbocycles. The van der Waals surface area contributed by atoms with Crippen LogP contribution in [0, 0.1) is 5.41 Å². The van der Waals surface area contributed by atoms with Crippen LogP contribution in [0.5, 0.6) is 5.75 Å². The van der Waals surface area contributed by atoms with Crippen molar-refractivity contribution in [3.8, 4) is 17.0 Å². The summed E-state index contributed by atoms with van der Waals surface area (Å²) in [6.45, 7) is 16.6. The van der Waals surface area contributed by atoms with Gasteiger partial charge >= 0.3 is 6.09 Å². The fraction of sp³-hybridized carbons (Fsp3) is 0.694. The number of anilines is 2. The highest BCUT2D eigenvalue weighted by molar-refractivity contribution is 5.74. The molecule has 3 N–H and O–H groups in total. The van der Waals surface area contributed by atoms with Crippen molar-refractivity contribution >= 4 is 17.6 Å². The van der Waals surface area contributed by atoms with Crippen molar-refractivity contribution in [3.05, 3.63) is 30.3 Å². The Bertz CT molecular complexity index is 1450. The zero-order valence-corrected chi connectivity index (χ0v) is 28.8. The molecular weight excluding hydrogens is 594 g/mol. The van der Waals surface area contributed by atoms with Crippen LogP contribution in [0.4, 0.5) is 16.3 Å². The maximum absolute atomic E-state index is 12.6. The van der Waals surface area contributed by atoms with Gasteiger partial charge in [0.05, 0.1) is 24.1 Å². The standard InChI is InChI=1S/C36H53N7O4/c1-34(2,3)47-33(45)40-14-12-36(13-15-40)19-26(20-36)41-16-17-46-31(23-41)35(4,5)43-24-10-11-25(43)22-42(21-24)29-18-28(38-39-32(29)37)27-8-6-7-9-30(27)44/h6-9,18,24-26,31,44H,10-17,19-23H2,1-5H3,(H2,37,39)/t24?,25?,31-/m1/s1. The molecule has 11 nitrogen and oxygen atoms in total. The van der Waals surface area contributed by atoms with Crippen LogP contribution in [0.25, 0.3) is 11.3 Å². The van der Waals surface area contributed by atoms with Gasteiger partial charge in [-0.3, -0.25) is 9.80 Å². The lowest BCUT2D eigenvalue weighted by Gasteiger charge is -2.58. The van der Waals surface area contributed by atoms with E-state index in [0.717, 1.165) is 77.2 Å². The Kier molecular flexibility index (Phi) is 8.32. The predicted octanol–water partition coefficient (Wildman–Crippen LogP) is 4.74. The number of nitrogens with two attached hydrogens (primary N) is 1. The summed E-state index contributed by atoms with van der Waals surface area (Å²) in [7, 11) is 0. The SMILES string of the molecule is CC(C)(C)OC(=O)N1CCC2(CC1)CC(N1CCO[C@@H](C(C)(C)N3C4CCC3CN(c3cc(-c5ccccc5O)nnc3N)C4)C1)C2. The number of phenols is 1. The summed E-state index contributed by atoms with van der Waals surface area (Å²) in [6, 6.07) is 10.6. The Morgan fingerprint density at radius 1 is 0.979 bits per heavy atom. The van der Waals surface area contributed by atoms with Crippen molar-refractivity contribution < 1.29 is 19.4 Å². The van der Waals surface area contributed by atoms with Crippen molar-refractivity contribution in [2.45, 2.75) is 109 Å². The normalized spacial score (nSPS) is 27.2. The monoisotopic (exact) mass is 647 g/mol. The highest BCUT2D eigenvalue weighted by atomic mass is 16.6. The average Bonchev–Trinajstić information content (AvgIpc) is 3.30. The van der Waals surface area contributed by atoms with E-state index in [9.17, 15) is 9.90 Å². The second-order valence-electron chi connectivity index (χ2n) is 16.3. The third-order valence-corrected chi connectivity index (χ3v) is 11.7. The van der Waals surface area contributed by atoms with Crippen LogP contribution in [0.1, 0.15) is 73.1 Å². The number of para-hydroxylation sites is 1. The highest BCUT2D eigenvalue weighted by Crippen LogP contribution is 2.52. The molecule has 1 amide bonds. The van der Waals surface area contributed by atoms with Crippen molar-refractivity contribution in [1.29, 1.82) is 0 Å². The molecule has 2 aromatic rings. The van der Waals surface area contributed by atoms with Crippen molar-refractivity contribution in [1.82, 2.24) is 24.9 Å². The number of piperidine rings is 1. The molecule has 2 unspecified atom stereocenters. The number of phenolic OH excluding ortho intramolecular Hbond substituents is 1. The van der Waals surface area contributed by atoms with Crippen LogP contribution in [-0.4, -0.2) is 117 Å². The molecule has 2 bridgehead atoms. The van der Waals surface area contributed by atoms with Gasteiger partial charge in [-0.1, -0.05) is 12.1 Å². The number of aromatic hydroxyl groups is 1. The van der Waals surface area contributed by atoms with Crippen LogP contribution in [0.3, 0.4) is 0 Å². The van der Waals surface area contributed by atoms with Gasteiger partial charge in [-0.15, -0.1) is 10.2 Å². The number of hydrogen-bond acceptors (Lipinski definition) is 10. The highest BCUT2D eigenvalue weighted by Gasteiger charge is 2.53. The van der Waals surface area contributed by atoms with E-state index in [1.165, 1.54) is 12.8 Å².